The summed E-state index contributed by atoms with van der Waals surface area (Å²) < 4.78 is 23.4. The van der Waals surface area contributed by atoms with Gasteiger partial charge in [-0.1, -0.05) is 6.58 Å². The Labute approximate surface area is 77.2 Å². The summed E-state index contributed by atoms with van der Waals surface area (Å²) in [5.41, 5.74) is 0. The first kappa shape index (κ1) is 12.1. The minimum absolute atomic E-state index is 0.0872. The largest absolute Gasteiger partial charge is 0.342 e. The number of rotatable bonds is 6. The molecule has 0 rings (SSSR count). The number of alkyl halides is 2. The fourth-order valence-electron chi connectivity index (χ4n) is 0.914. The molecule has 2 nitrogen and oxygen atoms in total. The summed E-state index contributed by atoms with van der Waals surface area (Å²) in [6.45, 7) is 3.84. The third kappa shape index (κ3) is 6.25. The maximum absolute atomic E-state index is 11.7. The van der Waals surface area contributed by atoms with Gasteiger partial charge in [0.2, 0.25) is 12.3 Å². The molecule has 0 aliphatic carbocycles. The van der Waals surface area contributed by atoms with Crippen LogP contribution in [0.25, 0.3) is 0 Å². The van der Waals surface area contributed by atoms with Crippen molar-refractivity contribution in [3.8, 4) is 0 Å². The number of unbranched alkanes of at least 4 members (excludes halogenated alkanes) is 1. The molecule has 0 aromatic heterocycles. The van der Waals surface area contributed by atoms with E-state index in [1.165, 1.54) is 11.0 Å². The van der Waals surface area contributed by atoms with Gasteiger partial charge in [0.1, 0.15) is 0 Å². The minimum Gasteiger partial charge on any atom is -0.342 e. The highest BCUT2D eigenvalue weighted by molar-refractivity contribution is 5.86. The van der Waals surface area contributed by atoms with Gasteiger partial charge in [0.05, 0.1) is 0 Å². The quantitative estimate of drug-likeness (QED) is 0.465. The molecule has 0 saturated heterocycles. The summed E-state index contributed by atoms with van der Waals surface area (Å²) in [5.74, 6) is -0.169. The zero-order valence-corrected chi connectivity index (χ0v) is 7.80. The molecule has 0 radical (unpaired) electrons. The van der Waals surface area contributed by atoms with E-state index in [1.807, 2.05) is 0 Å². The van der Waals surface area contributed by atoms with Gasteiger partial charge in [-0.25, -0.2) is 8.78 Å². The lowest BCUT2D eigenvalue weighted by atomic mass is 10.2. The van der Waals surface area contributed by atoms with Gasteiger partial charge in [-0.2, -0.15) is 0 Å². The van der Waals surface area contributed by atoms with E-state index in [1.54, 1.807) is 7.05 Å². The van der Waals surface area contributed by atoms with Crippen LogP contribution < -0.4 is 0 Å². The highest BCUT2D eigenvalue weighted by atomic mass is 19.3. The summed E-state index contributed by atoms with van der Waals surface area (Å²) in [4.78, 5) is 12.4. The minimum atomic E-state index is -2.24. The lowest BCUT2D eigenvalue weighted by Gasteiger charge is -2.14. The fourth-order valence-corrected chi connectivity index (χ4v) is 0.914. The van der Waals surface area contributed by atoms with Gasteiger partial charge in [0, 0.05) is 20.0 Å². The topological polar surface area (TPSA) is 20.3 Å². The van der Waals surface area contributed by atoms with Crippen LogP contribution in [0.5, 0.6) is 0 Å². The van der Waals surface area contributed by atoms with Crippen LogP contribution in [0.3, 0.4) is 0 Å². The fraction of sp³-hybridized carbons (Fsp3) is 0.667. The standard InChI is InChI=1S/C9H15F2NO/c1-3-9(13)12(2)7-5-4-6-8(10)11/h3,8H,1,4-7H2,2H3. The second kappa shape index (κ2) is 6.57. The Hall–Kier alpha value is -0.930. The molecule has 0 bridgehead atoms. The molecule has 0 aliphatic heterocycles. The van der Waals surface area contributed by atoms with Crippen LogP contribution >= 0.6 is 0 Å². The lowest BCUT2D eigenvalue weighted by Crippen LogP contribution is -2.25. The number of likely N-dealkylation sites (N-methyl/N-ethyl adjacent to an activating group) is 1. The molecule has 0 unspecified atom stereocenters. The first-order chi connectivity index (χ1) is 6.07. The number of carbonyl (C=O) groups is 1. The second-order valence-corrected chi connectivity index (χ2v) is 2.85. The Kier molecular flexibility index (Phi) is 6.10. The summed E-state index contributed by atoms with van der Waals surface area (Å²) in [7, 11) is 1.63. The van der Waals surface area contributed by atoms with Crippen LogP contribution in [-0.4, -0.2) is 30.8 Å². The maximum Gasteiger partial charge on any atom is 0.245 e. The van der Waals surface area contributed by atoms with Crippen molar-refractivity contribution in [2.24, 2.45) is 0 Å². The molecule has 0 aliphatic rings. The average Bonchev–Trinajstić information content (AvgIpc) is 2.10. The van der Waals surface area contributed by atoms with Crippen LogP contribution in [0.2, 0.25) is 0 Å². The molecule has 0 atom stereocenters. The van der Waals surface area contributed by atoms with Crippen molar-refractivity contribution in [2.75, 3.05) is 13.6 Å². The molecule has 4 heteroatoms. The molecule has 0 aromatic carbocycles. The second-order valence-electron chi connectivity index (χ2n) is 2.85. The number of hydrogen-bond donors (Lipinski definition) is 0. The first-order valence-electron chi connectivity index (χ1n) is 4.23. The van der Waals surface area contributed by atoms with Crippen LogP contribution in [0.1, 0.15) is 19.3 Å². The van der Waals surface area contributed by atoms with Crippen LogP contribution in [0.4, 0.5) is 8.78 Å². The van der Waals surface area contributed by atoms with Gasteiger partial charge in [0.25, 0.3) is 0 Å². The van der Waals surface area contributed by atoms with Crippen LogP contribution in [0, 0.1) is 0 Å². The highest BCUT2D eigenvalue weighted by Crippen LogP contribution is 2.05. The van der Waals surface area contributed by atoms with Gasteiger partial charge >= 0.3 is 0 Å². The average molecular weight is 191 g/mol. The van der Waals surface area contributed by atoms with E-state index >= 15 is 0 Å². The Bertz CT molecular complexity index is 171. The Morgan fingerprint density at radius 1 is 1.54 bits per heavy atom. The predicted octanol–water partition coefficient (Wildman–Crippen LogP) is 2.07. The van der Waals surface area contributed by atoms with Gasteiger partial charge in [-0.15, -0.1) is 0 Å². The van der Waals surface area contributed by atoms with Crippen LogP contribution in [0.15, 0.2) is 12.7 Å². The summed E-state index contributed by atoms with van der Waals surface area (Å²) in [6.07, 6.45) is -0.0452. The van der Waals surface area contributed by atoms with Crippen molar-refractivity contribution in [3.63, 3.8) is 0 Å². The molecule has 1 amide bonds. The number of nitrogens with zero attached hydrogens (tertiary/aromatic N) is 1. The van der Waals surface area contributed by atoms with Gasteiger partial charge in [-0.3, -0.25) is 4.79 Å². The van der Waals surface area contributed by atoms with Gasteiger partial charge in [-0.05, 0) is 18.9 Å². The van der Waals surface area contributed by atoms with Crippen molar-refractivity contribution in [1.29, 1.82) is 0 Å². The maximum atomic E-state index is 11.7. The number of hydrogen-bond acceptors (Lipinski definition) is 1. The number of halogens is 2. The van der Waals surface area contributed by atoms with E-state index in [2.05, 4.69) is 6.58 Å². The number of amides is 1. The smallest absolute Gasteiger partial charge is 0.245 e. The van der Waals surface area contributed by atoms with E-state index in [-0.39, 0.29) is 12.3 Å². The Morgan fingerprint density at radius 3 is 2.62 bits per heavy atom. The van der Waals surface area contributed by atoms with Crippen molar-refractivity contribution < 1.29 is 13.6 Å². The SMILES string of the molecule is C=CC(=O)N(C)CCCCC(F)F. The van der Waals surface area contributed by atoms with E-state index in [4.69, 9.17) is 0 Å². The van der Waals surface area contributed by atoms with Crippen molar-refractivity contribution >= 4 is 5.91 Å². The molecule has 13 heavy (non-hydrogen) atoms. The zero-order valence-electron chi connectivity index (χ0n) is 7.80. The molecular weight excluding hydrogens is 176 g/mol. The van der Waals surface area contributed by atoms with E-state index < -0.39 is 6.43 Å². The molecule has 0 fully saturated rings. The molecule has 76 valence electrons. The molecular formula is C9H15F2NO. The molecule has 0 N–H and O–H groups in total. The van der Waals surface area contributed by atoms with Crippen molar-refractivity contribution in [3.05, 3.63) is 12.7 Å². The molecule has 0 heterocycles. The third-order valence-corrected chi connectivity index (χ3v) is 1.72. The highest BCUT2D eigenvalue weighted by Gasteiger charge is 2.05. The molecule has 0 aromatic rings. The Morgan fingerprint density at radius 2 is 2.15 bits per heavy atom. The predicted molar refractivity (Wildman–Crippen MR) is 47.7 cm³/mol. The van der Waals surface area contributed by atoms with Gasteiger partial charge in [0.15, 0.2) is 0 Å². The van der Waals surface area contributed by atoms with Crippen LogP contribution in [-0.2, 0) is 4.79 Å². The monoisotopic (exact) mass is 191 g/mol. The number of carbonyl (C=O) groups excluding carboxylic acids is 1. The third-order valence-electron chi connectivity index (χ3n) is 1.72. The summed E-state index contributed by atoms with van der Waals surface area (Å²) >= 11 is 0. The molecule has 0 saturated carbocycles. The van der Waals surface area contributed by atoms with Gasteiger partial charge < -0.3 is 4.90 Å². The van der Waals surface area contributed by atoms with Crippen molar-refractivity contribution in [2.45, 2.75) is 25.7 Å². The van der Waals surface area contributed by atoms with Crippen molar-refractivity contribution in [1.82, 2.24) is 4.90 Å². The van der Waals surface area contributed by atoms with E-state index in [0.717, 1.165) is 0 Å². The summed E-state index contributed by atoms with van der Waals surface area (Å²) in [5, 5.41) is 0. The first-order valence-corrected chi connectivity index (χ1v) is 4.23. The molecule has 0 spiro atoms. The normalized spacial score (nSPS) is 10.2. The summed E-state index contributed by atoms with van der Waals surface area (Å²) in [6, 6.07) is 0. The zero-order chi connectivity index (χ0) is 10.3. The van der Waals surface area contributed by atoms with E-state index in [0.29, 0.717) is 19.4 Å². The Balaban J connectivity index is 3.42. The van der Waals surface area contributed by atoms with E-state index in [9.17, 15) is 13.6 Å². The lowest BCUT2D eigenvalue weighted by molar-refractivity contribution is -0.124.